The first-order chi connectivity index (χ1) is 8.54. The van der Waals surface area contributed by atoms with Crippen LogP contribution in [0.3, 0.4) is 0 Å². The SMILES string of the molecule is C/C(=C\c1ccc(N)cc1)c1cc(C)cc(N)c1. The van der Waals surface area contributed by atoms with Gasteiger partial charge in [-0.3, -0.25) is 0 Å². The Hall–Kier alpha value is -2.22. The van der Waals surface area contributed by atoms with Crippen molar-refractivity contribution < 1.29 is 0 Å². The standard InChI is InChI=1S/C16H18N2/c1-11-7-14(10-16(18)8-11)12(2)9-13-3-5-15(17)6-4-13/h3-10H,17-18H2,1-2H3/b12-9+. The van der Waals surface area contributed by atoms with Crippen molar-refractivity contribution in [1.82, 2.24) is 0 Å². The molecule has 2 aromatic rings. The van der Waals surface area contributed by atoms with Crippen molar-refractivity contribution in [2.45, 2.75) is 13.8 Å². The monoisotopic (exact) mass is 238 g/mol. The van der Waals surface area contributed by atoms with Crippen molar-refractivity contribution in [3.05, 3.63) is 59.2 Å². The molecule has 0 aromatic heterocycles. The van der Waals surface area contributed by atoms with Gasteiger partial charge in [-0.25, -0.2) is 0 Å². The van der Waals surface area contributed by atoms with E-state index in [0.717, 1.165) is 22.5 Å². The fourth-order valence-electron chi connectivity index (χ4n) is 1.97. The Balaban J connectivity index is 2.35. The van der Waals surface area contributed by atoms with Gasteiger partial charge in [-0.15, -0.1) is 0 Å². The topological polar surface area (TPSA) is 52.0 Å². The second kappa shape index (κ2) is 4.96. The number of nitrogens with two attached hydrogens (primary N) is 2. The number of allylic oxidation sites excluding steroid dienone is 1. The molecule has 0 aliphatic rings. The van der Waals surface area contributed by atoms with Gasteiger partial charge in [-0.2, -0.15) is 0 Å². The van der Waals surface area contributed by atoms with E-state index < -0.39 is 0 Å². The van der Waals surface area contributed by atoms with Crippen molar-refractivity contribution in [3.63, 3.8) is 0 Å². The molecule has 0 atom stereocenters. The molecular weight excluding hydrogens is 220 g/mol. The predicted molar refractivity (Wildman–Crippen MR) is 80.0 cm³/mol. The third-order valence-corrected chi connectivity index (χ3v) is 2.87. The molecule has 2 nitrogen and oxygen atoms in total. The maximum absolute atomic E-state index is 5.87. The van der Waals surface area contributed by atoms with E-state index in [1.807, 2.05) is 36.4 Å². The maximum atomic E-state index is 5.87. The molecule has 4 N–H and O–H groups in total. The predicted octanol–water partition coefficient (Wildman–Crippen LogP) is 3.72. The lowest BCUT2D eigenvalue weighted by Gasteiger charge is -2.06. The number of aryl methyl sites for hydroxylation is 1. The Labute approximate surface area is 108 Å². The van der Waals surface area contributed by atoms with E-state index in [1.54, 1.807) is 0 Å². The number of anilines is 2. The van der Waals surface area contributed by atoms with Crippen LogP contribution in [-0.2, 0) is 0 Å². The van der Waals surface area contributed by atoms with Crippen molar-refractivity contribution in [1.29, 1.82) is 0 Å². The number of nitrogen functional groups attached to an aromatic ring is 2. The molecule has 0 bridgehead atoms. The van der Waals surface area contributed by atoms with Crippen LogP contribution >= 0.6 is 0 Å². The Bertz CT molecular complexity index is 560. The molecule has 92 valence electrons. The molecular formula is C16H18N2. The summed E-state index contributed by atoms with van der Waals surface area (Å²) in [5.74, 6) is 0. The summed E-state index contributed by atoms with van der Waals surface area (Å²) in [4.78, 5) is 0. The lowest BCUT2D eigenvalue weighted by atomic mass is 10.0. The summed E-state index contributed by atoms with van der Waals surface area (Å²) in [7, 11) is 0. The Morgan fingerprint density at radius 1 is 0.944 bits per heavy atom. The molecule has 18 heavy (non-hydrogen) atoms. The zero-order valence-corrected chi connectivity index (χ0v) is 10.8. The number of benzene rings is 2. The smallest absolute Gasteiger partial charge is 0.0322 e. The first-order valence-electron chi connectivity index (χ1n) is 5.96. The molecule has 0 unspecified atom stereocenters. The zero-order valence-electron chi connectivity index (χ0n) is 10.8. The summed E-state index contributed by atoms with van der Waals surface area (Å²) in [5.41, 5.74) is 17.8. The maximum Gasteiger partial charge on any atom is 0.0322 e. The number of hydrogen-bond donors (Lipinski definition) is 2. The quantitative estimate of drug-likeness (QED) is 0.619. The summed E-state index contributed by atoms with van der Waals surface area (Å²) in [6.45, 7) is 4.14. The first-order valence-corrected chi connectivity index (χ1v) is 5.96. The Kier molecular flexibility index (Phi) is 3.38. The Morgan fingerprint density at radius 2 is 1.61 bits per heavy atom. The molecule has 0 fully saturated rings. The normalized spacial score (nSPS) is 11.6. The van der Waals surface area contributed by atoms with E-state index in [4.69, 9.17) is 11.5 Å². The average Bonchev–Trinajstić information content (AvgIpc) is 2.31. The third-order valence-electron chi connectivity index (χ3n) is 2.87. The third kappa shape index (κ3) is 2.92. The van der Waals surface area contributed by atoms with Crippen LogP contribution < -0.4 is 11.5 Å². The minimum Gasteiger partial charge on any atom is -0.399 e. The summed E-state index contributed by atoms with van der Waals surface area (Å²) in [5, 5.41) is 0. The summed E-state index contributed by atoms with van der Waals surface area (Å²) in [6, 6.07) is 13.9. The van der Waals surface area contributed by atoms with Crippen molar-refractivity contribution in [3.8, 4) is 0 Å². The van der Waals surface area contributed by atoms with E-state index in [0.29, 0.717) is 0 Å². The highest BCUT2D eigenvalue weighted by molar-refractivity contribution is 5.81. The van der Waals surface area contributed by atoms with E-state index in [9.17, 15) is 0 Å². The van der Waals surface area contributed by atoms with Crippen molar-refractivity contribution in [2.75, 3.05) is 11.5 Å². The summed E-state index contributed by atoms with van der Waals surface area (Å²) >= 11 is 0. The molecule has 2 aromatic carbocycles. The van der Waals surface area contributed by atoms with Crippen LogP contribution in [0.4, 0.5) is 11.4 Å². The number of hydrogen-bond acceptors (Lipinski definition) is 2. The molecule has 2 heteroatoms. The molecule has 0 saturated carbocycles. The van der Waals surface area contributed by atoms with Gasteiger partial charge >= 0.3 is 0 Å². The molecule has 0 aliphatic heterocycles. The van der Waals surface area contributed by atoms with Gasteiger partial charge in [0.2, 0.25) is 0 Å². The van der Waals surface area contributed by atoms with Crippen LogP contribution in [-0.4, -0.2) is 0 Å². The molecule has 2 rings (SSSR count). The van der Waals surface area contributed by atoms with Crippen molar-refractivity contribution >= 4 is 23.0 Å². The van der Waals surface area contributed by atoms with E-state index >= 15 is 0 Å². The van der Waals surface area contributed by atoms with Gasteiger partial charge in [0, 0.05) is 11.4 Å². The highest BCUT2D eigenvalue weighted by Crippen LogP contribution is 2.21. The van der Waals surface area contributed by atoms with Crippen LogP contribution in [0.1, 0.15) is 23.6 Å². The van der Waals surface area contributed by atoms with E-state index in [-0.39, 0.29) is 0 Å². The van der Waals surface area contributed by atoms with Crippen LogP contribution in [0, 0.1) is 6.92 Å². The van der Waals surface area contributed by atoms with E-state index in [1.165, 1.54) is 11.1 Å². The van der Waals surface area contributed by atoms with Gasteiger partial charge in [-0.05, 0) is 60.4 Å². The van der Waals surface area contributed by atoms with Crippen LogP contribution in [0.2, 0.25) is 0 Å². The lowest BCUT2D eigenvalue weighted by Crippen LogP contribution is -1.89. The van der Waals surface area contributed by atoms with Gasteiger partial charge in [0.05, 0.1) is 0 Å². The largest absolute Gasteiger partial charge is 0.399 e. The summed E-state index contributed by atoms with van der Waals surface area (Å²) in [6.07, 6.45) is 2.13. The second-order valence-corrected chi connectivity index (χ2v) is 4.63. The van der Waals surface area contributed by atoms with Gasteiger partial charge in [0.25, 0.3) is 0 Å². The molecule has 0 saturated heterocycles. The highest BCUT2D eigenvalue weighted by atomic mass is 14.5. The average molecular weight is 238 g/mol. The fraction of sp³-hybridized carbons (Fsp3) is 0.125. The fourth-order valence-corrected chi connectivity index (χ4v) is 1.97. The molecule has 0 spiro atoms. The summed E-state index contributed by atoms with van der Waals surface area (Å²) < 4.78 is 0. The van der Waals surface area contributed by atoms with Crippen LogP contribution in [0.15, 0.2) is 42.5 Å². The minimum absolute atomic E-state index is 0.782. The van der Waals surface area contributed by atoms with Gasteiger partial charge < -0.3 is 11.5 Å². The van der Waals surface area contributed by atoms with E-state index in [2.05, 4.69) is 26.0 Å². The highest BCUT2D eigenvalue weighted by Gasteiger charge is 1.99. The molecule has 0 amide bonds. The molecule has 0 radical (unpaired) electrons. The Morgan fingerprint density at radius 3 is 2.22 bits per heavy atom. The van der Waals surface area contributed by atoms with Gasteiger partial charge in [0.15, 0.2) is 0 Å². The van der Waals surface area contributed by atoms with Gasteiger partial charge in [0.1, 0.15) is 0 Å². The van der Waals surface area contributed by atoms with Crippen LogP contribution in [0.5, 0.6) is 0 Å². The lowest BCUT2D eigenvalue weighted by molar-refractivity contribution is 1.44. The zero-order chi connectivity index (χ0) is 13.1. The first kappa shape index (κ1) is 12.2. The number of rotatable bonds is 2. The van der Waals surface area contributed by atoms with Crippen LogP contribution in [0.25, 0.3) is 11.6 Å². The van der Waals surface area contributed by atoms with Gasteiger partial charge in [-0.1, -0.05) is 24.3 Å². The van der Waals surface area contributed by atoms with Crippen molar-refractivity contribution in [2.24, 2.45) is 0 Å². The molecule has 0 heterocycles. The minimum atomic E-state index is 0.782. The second-order valence-electron chi connectivity index (χ2n) is 4.63. The molecule has 0 aliphatic carbocycles.